The summed E-state index contributed by atoms with van der Waals surface area (Å²) in [5, 5.41) is 12.8. The van der Waals surface area contributed by atoms with Crippen molar-refractivity contribution in [2.75, 3.05) is 7.11 Å². The summed E-state index contributed by atoms with van der Waals surface area (Å²) in [6, 6.07) is 13.8. The van der Waals surface area contributed by atoms with Crippen LogP contribution in [0.5, 0.6) is 5.75 Å². The van der Waals surface area contributed by atoms with Crippen molar-refractivity contribution in [1.29, 1.82) is 0 Å². The first-order valence-corrected chi connectivity index (χ1v) is 11.0. The van der Waals surface area contributed by atoms with E-state index in [1.165, 1.54) is 23.5 Å². The highest BCUT2D eigenvalue weighted by Gasteiger charge is 2.16. The number of hydrogen-bond acceptors (Lipinski definition) is 6. The van der Waals surface area contributed by atoms with E-state index in [1.54, 1.807) is 39.9 Å². The molecule has 0 saturated carbocycles. The maximum absolute atomic E-state index is 13.1. The first kappa shape index (κ1) is 20.8. The molecule has 0 aliphatic carbocycles. The van der Waals surface area contributed by atoms with Gasteiger partial charge in [0.1, 0.15) is 23.0 Å². The minimum atomic E-state index is -0.280. The molecule has 0 aliphatic rings. The molecule has 0 spiro atoms. The Kier molecular flexibility index (Phi) is 5.57. The summed E-state index contributed by atoms with van der Waals surface area (Å²) < 4.78 is 21.7. The molecule has 3 heterocycles. The topological polar surface area (TPSA) is 86.3 Å². The van der Waals surface area contributed by atoms with E-state index in [-0.39, 0.29) is 18.3 Å². The number of rotatable bonds is 7. The predicted molar refractivity (Wildman–Crippen MR) is 122 cm³/mol. The highest BCUT2D eigenvalue weighted by Crippen LogP contribution is 2.25. The molecule has 0 unspecified atom stereocenters. The number of thiazole rings is 1. The van der Waals surface area contributed by atoms with Crippen LogP contribution >= 0.6 is 11.3 Å². The molecule has 0 saturated heterocycles. The minimum Gasteiger partial charge on any atom is -0.497 e. The van der Waals surface area contributed by atoms with Crippen molar-refractivity contribution in [2.45, 2.75) is 13.1 Å². The van der Waals surface area contributed by atoms with Crippen LogP contribution in [0, 0.1) is 5.82 Å². The van der Waals surface area contributed by atoms with Crippen LogP contribution in [0.25, 0.3) is 16.2 Å². The van der Waals surface area contributed by atoms with Gasteiger partial charge in [0.25, 0.3) is 5.91 Å². The van der Waals surface area contributed by atoms with E-state index >= 15 is 0 Å². The Labute approximate surface area is 192 Å². The van der Waals surface area contributed by atoms with Crippen LogP contribution < -0.4 is 10.1 Å². The molecular formula is C23H19FN6O2S. The third kappa shape index (κ3) is 4.46. The second-order valence-corrected chi connectivity index (χ2v) is 8.18. The summed E-state index contributed by atoms with van der Waals surface area (Å²) in [6.07, 6.45) is 3.60. The van der Waals surface area contributed by atoms with Crippen LogP contribution in [-0.4, -0.2) is 37.4 Å². The summed E-state index contributed by atoms with van der Waals surface area (Å²) in [5.74, 6) is 0.264. The molecule has 0 radical (unpaired) electrons. The van der Waals surface area contributed by atoms with Crippen LogP contribution in [0.3, 0.4) is 0 Å². The number of methoxy groups -OCH3 is 1. The van der Waals surface area contributed by atoms with Gasteiger partial charge in [-0.2, -0.15) is 0 Å². The molecule has 166 valence electrons. The molecule has 5 aromatic rings. The number of nitrogens with zero attached hydrogens (tertiary/aromatic N) is 5. The molecule has 0 fully saturated rings. The number of fused-ring (bicyclic) bond motifs is 1. The Morgan fingerprint density at radius 2 is 1.91 bits per heavy atom. The highest BCUT2D eigenvalue weighted by molar-refractivity contribution is 7.15. The highest BCUT2D eigenvalue weighted by atomic mass is 32.1. The zero-order valence-corrected chi connectivity index (χ0v) is 18.4. The Balaban J connectivity index is 1.25. The molecule has 0 bridgehead atoms. The van der Waals surface area contributed by atoms with Crippen LogP contribution in [0.2, 0.25) is 0 Å². The zero-order chi connectivity index (χ0) is 22.8. The number of carbonyl (C=O) groups excluding carboxylic acids is 1. The first-order chi connectivity index (χ1) is 16.1. The Hall–Kier alpha value is -4.05. The molecule has 2 aromatic carbocycles. The molecule has 1 N–H and O–H groups in total. The number of imidazole rings is 1. The molecular weight excluding hydrogens is 443 g/mol. The molecule has 1 amide bonds. The standard InChI is InChI=1S/C23H19FN6O2S/c1-32-19-8-4-16(5-9-19)20-13-30-21(14-33-23(30)26-20)22(31)25-10-18-12-29(28-27-18)11-15-2-6-17(24)7-3-15/h2-9,12-14H,10-11H2,1H3,(H,25,31). The fraction of sp³-hybridized carbons (Fsp3) is 0.130. The monoisotopic (exact) mass is 462 g/mol. The number of benzene rings is 2. The number of hydrogen-bond donors (Lipinski definition) is 1. The van der Waals surface area contributed by atoms with Crippen molar-refractivity contribution in [3.05, 3.63) is 89.1 Å². The third-order valence-electron chi connectivity index (χ3n) is 5.10. The zero-order valence-electron chi connectivity index (χ0n) is 17.6. The Bertz CT molecular complexity index is 1410. The van der Waals surface area contributed by atoms with Crippen molar-refractivity contribution in [2.24, 2.45) is 0 Å². The molecule has 8 nitrogen and oxygen atoms in total. The van der Waals surface area contributed by atoms with Gasteiger partial charge in [-0.15, -0.1) is 16.4 Å². The number of halogens is 1. The van der Waals surface area contributed by atoms with E-state index in [0.29, 0.717) is 17.9 Å². The number of aromatic nitrogens is 5. The van der Waals surface area contributed by atoms with E-state index < -0.39 is 0 Å². The van der Waals surface area contributed by atoms with Gasteiger partial charge >= 0.3 is 0 Å². The number of carbonyl (C=O) groups is 1. The van der Waals surface area contributed by atoms with E-state index in [1.807, 2.05) is 30.5 Å². The quantitative estimate of drug-likeness (QED) is 0.398. The van der Waals surface area contributed by atoms with Crippen molar-refractivity contribution in [3.63, 3.8) is 0 Å². The number of ether oxygens (including phenoxy) is 1. The predicted octanol–water partition coefficient (Wildman–Crippen LogP) is 3.78. The molecule has 33 heavy (non-hydrogen) atoms. The van der Waals surface area contributed by atoms with Gasteiger partial charge in [0.05, 0.1) is 32.1 Å². The normalized spacial score (nSPS) is 11.1. The van der Waals surface area contributed by atoms with Crippen LogP contribution in [-0.2, 0) is 13.1 Å². The number of amides is 1. The smallest absolute Gasteiger partial charge is 0.269 e. The van der Waals surface area contributed by atoms with Gasteiger partial charge in [0.15, 0.2) is 4.96 Å². The third-order valence-corrected chi connectivity index (χ3v) is 5.94. The van der Waals surface area contributed by atoms with Crippen molar-refractivity contribution in [1.82, 2.24) is 29.7 Å². The summed E-state index contributed by atoms with van der Waals surface area (Å²) in [7, 11) is 1.62. The maximum Gasteiger partial charge on any atom is 0.269 e. The van der Waals surface area contributed by atoms with E-state index in [4.69, 9.17) is 4.74 Å². The van der Waals surface area contributed by atoms with Gasteiger partial charge in [-0.1, -0.05) is 17.3 Å². The molecule has 10 heteroatoms. The number of nitrogens with one attached hydrogen (secondary N) is 1. The second-order valence-electron chi connectivity index (χ2n) is 7.34. The van der Waals surface area contributed by atoms with Crippen molar-refractivity contribution in [3.8, 4) is 17.0 Å². The molecule has 5 rings (SSSR count). The largest absolute Gasteiger partial charge is 0.497 e. The van der Waals surface area contributed by atoms with Gasteiger partial charge in [-0.3, -0.25) is 9.20 Å². The first-order valence-electron chi connectivity index (χ1n) is 10.1. The van der Waals surface area contributed by atoms with Crippen LogP contribution in [0.15, 0.2) is 66.3 Å². The SMILES string of the molecule is COc1ccc(-c2cn3c(C(=O)NCc4cn(Cc5ccc(F)cc5)nn4)csc3n2)cc1. The fourth-order valence-electron chi connectivity index (χ4n) is 3.38. The van der Waals surface area contributed by atoms with Crippen LogP contribution in [0.1, 0.15) is 21.7 Å². The lowest BCUT2D eigenvalue weighted by Gasteiger charge is -2.02. The van der Waals surface area contributed by atoms with Gasteiger partial charge < -0.3 is 10.1 Å². The van der Waals surface area contributed by atoms with E-state index in [0.717, 1.165) is 27.5 Å². The summed E-state index contributed by atoms with van der Waals surface area (Å²) in [6.45, 7) is 0.704. The van der Waals surface area contributed by atoms with Gasteiger partial charge in [0.2, 0.25) is 0 Å². The second kappa shape index (κ2) is 8.83. The lowest BCUT2D eigenvalue weighted by atomic mass is 10.2. The van der Waals surface area contributed by atoms with Crippen molar-refractivity contribution < 1.29 is 13.9 Å². The van der Waals surface area contributed by atoms with E-state index in [2.05, 4.69) is 20.6 Å². The molecule has 0 atom stereocenters. The minimum absolute atomic E-state index is 0.229. The Morgan fingerprint density at radius 1 is 1.12 bits per heavy atom. The average molecular weight is 463 g/mol. The van der Waals surface area contributed by atoms with Gasteiger partial charge in [-0.05, 0) is 42.0 Å². The molecule has 3 aromatic heterocycles. The Morgan fingerprint density at radius 3 is 2.67 bits per heavy atom. The fourth-order valence-corrected chi connectivity index (χ4v) is 4.24. The van der Waals surface area contributed by atoms with Gasteiger partial charge in [0, 0.05) is 17.1 Å². The summed E-state index contributed by atoms with van der Waals surface area (Å²) in [5.41, 5.74) is 3.76. The maximum atomic E-state index is 13.1. The lowest BCUT2D eigenvalue weighted by Crippen LogP contribution is -2.24. The summed E-state index contributed by atoms with van der Waals surface area (Å²) in [4.78, 5) is 18.1. The van der Waals surface area contributed by atoms with Gasteiger partial charge in [-0.25, -0.2) is 14.1 Å². The van der Waals surface area contributed by atoms with E-state index in [9.17, 15) is 9.18 Å². The van der Waals surface area contributed by atoms with Crippen molar-refractivity contribution >= 4 is 22.2 Å². The molecule has 0 aliphatic heterocycles. The average Bonchev–Trinajstić information content (AvgIpc) is 3.55. The summed E-state index contributed by atoms with van der Waals surface area (Å²) >= 11 is 1.40. The lowest BCUT2D eigenvalue weighted by molar-refractivity contribution is 0.0945. The van der Waals surface area contributed by atoms with Crippen LogP contribution in [0.4, 0.5) is 4.39 Å².